The molecule has 0 saturated heterocycles. The zero-order valence-electron chi connectivity index (χ0n) is 5.33. The fourth-order valence-electron chi connectivity index (χ4n) is 0.577. The Bertz CT molecular complexity index is 320. The summed E-state index contributed by atoms with van der Waals surface area (Å²) in [5.41, 5.74) is -0.485. The van der Waals surface area contributed by atoms with E-state index in [1.54, 1.807) is 0 Å². The van der Waals surface area contributed by atoms with Crippen LogP contribution in [0.2, 0.25) is 5.02 Å². The average molecular weight is 174 g/mol. The number of aromatic nitrogens is 1. The molecule has 1 N–H and O–H groups in total. The monoisotopic (exact) mass is 173 g/mol. The lowest BCUT2D eigenvalue weighted by atomic mass is 10.4. The number of hydrogen-bond donors (Lipinski definition) is 1. The van der Waals surface area contributed by atoms with Gasteiger partial charge in [0.05, 0.1) is 5.02 Å². The third-order valence-electron chi connectivity index (χ3n) is 1.01. The van der Waals surface area contributed by atoms with E-state index in [1.807, 2.05) is 0 Å². The molecular formula is C6H4ClNO3. The Kier molecular flexibility index (Phi) is 2.28. The molecule has 1 heterocycles. The van der Waals surface area contributed by atoms with Crippen LogP contribution in [0.15, 0.2) is 17.1 Å². The van der Waals surface area contributed by atoms with Crippen molar-refractivity contribution in [1.29, 1.82) is 0 Å². The molecule has 0 saturated carbocycles. The molecule has 1 aromatic heterocycles. The summed E-state index contributed by atoms with van der Waals surface area (Å²) >= 11 is 5.49. The number of nitrogens with one attached hydrogen (secondary N) is 1. The van der Waals surface area contributed by atoms with Crippen LogP contribution in [-0.2, 0) is 4.79 Å². The first kappa shape index (κ1) is 7.81. The van der Waals surface area contributed by atoms with Gasteiger partial charge in [-0.2, -0.15) is 0 Å². The van der Waals surface area contributed by atoms with Crippen molar-refractivity contribution in [3.05, 3.63) is 27.6 Å². The van der Waals surface area contributed by atoms with Crippen molar-refractivity contribution in [3.63, 3.8) is 0 Å². The number of carbonyl (C=O) groups is 1. The molecule has 0 atom stereocenters. The number of H-pyrrole nitrogens is 1. The van der Waals surface area contributed by atoms with Gasteiger partial charge in [-0.1, -0.05) is 11.6 Å². The first-order chi connectivity index (χ1) is 5.24. The van der Waals surface area contributed by atoms with Gasteiger partial charge >= 0.3 is 0 Å². The molecule has 0 aliphatic carbocycles. The molecule has 5 heteroatoms. The zero-order chi connectivity index (χ0) is 8.27. The maximum Gasteiger partial charge on any atom is 0.298 e. The topological polar surface area (TPSA) is 59.2 Å². The van der Waals surface area contributed by atoms with Crippen molar-refractivity contribution >= 4 is 18.1 Å². The lowest BCUT2D eigenvalue weighted by molar-refractivity contribution is -0.120. The maximum atomic E-state index is 10.8. The van der Waals surface area contributed by atoms with E-state index in [0.29, 0.717) is 5.02 Å². The average Bonchev–Trinajstić information content (AvgIpc) is 1.98. The summed E-state index contributed by atoms with van der Waals surface area (Å²) in [4.78, 5) is 22.9. The minimum atomic E-state index is -0.485. The van der Waals surface area contributed by atoms with E-state index in [0.717, 1.165) is 0 Å². The van der Waals surface area contributed by atoms with Crippen molar-refractivity contribution in [2.75, 3.05) is 0 Å². The Morgan fingerprint density at radius 3 is 3.00 bits per heavy atom. The molecule has 11 heavy (non-hydrogen) atoms. The number of carbonyl (C=O) groups excluding carboxylic acids is 1. The van der Waals surface area contributed by atoms with Gasteiger partial charge < -0.3 is 9.72 Å². The Labute approximate surface area is 66.8 Å². The number of pyridine rings is 1. The summed E-state index contributed by atoms with van der Waals surface area (Å²) in [6.45, 7) is 0.168. The molecule has 0 fully saturated rings. The first-order valence-corrected chi connectivity index (χ1v) is 3.10. The van der Waals surface area contributed by atoms with E-state index >= 15 is 0 Å². The van der Waals surface area contributed by atoms with Crippen LogP contribution in [0.1, 0.15) is 0 Å². The second-order valence-corrected chi connectivity index (χ2v) is 2.16. The number of aromatic amines is 1. The molecule has 0 unspecified atom stereocenters. The highest BCUT2D eigenvalue weighted by Gasteiger charge is 1.99. The summed E-state index contributed by atoms with van der Waals surface area (Å²) in [6, 6.07) is 1.26. The number of rotatable bonds is 2. The van der Waals surface area contributed by atoms with Crippen LogP contribution in [0.25, 0.3) is 0 Å². The normalized spacial score (nSPS) is 9.18. The van der Waals surface area contributed by atoms with Crippen LogP contribution in [0.3, 0.4) is 0 Å². The fourth-order valence-corrected chi connectivity index (χ4v) is 0.731. The largest absolute Gasteiger partial charge is 0.423 e. The third kappa shape index (κ3) is 1.81. The van der Waals surface area contributed by atoms with E-state index in [-0.39, 0.29) is 12.2 Å². The second-order valence-electron chi connectivity index (χ2n) is 1.73. The lowest BCUT2D eigenvalue weighted by Gasteiger charge is -1.94. The van der Waals surface area contributed by atoms with Crippen LogP contribution in [0.5, 0.6) is 5.75 Å². The maximum absolute atomic E-state index is 10.8. The lowest BCUT2D eigenvalue weighted by Crippen LogP contribution is -2.08. The van der Waals surface area contributed by atoms with E-state index < -0.39 is 5.56 Å². The number of halogens is 1. The molecule has 0 spiro atoms. The van der Waals surface area contributed by atoms with Gasteiger partial charge in [-0.05, 0) is 0 Å². The highest BCUT2D eigenvalue weighted by atomic mass is 35.5. The quantitative estimate of drug-likeness (QED) is 0.665. The summed E-state index contributed by atoms with van der Waals surface area (Å²) < 4.78 is 4.31. The Hall–Kier alpha value is -1.29. The van der Waals surface area contributed by atoms with Crippen LogP contribution in [0.4, 0.5) is 0 Å². The summed E-state index contributed by atoms with van der Waals surface area (Å²) in [6.07, 6.45) is 1.31. The Balaban J connectivity index is 3.12. The van der Waals surface area contributed by atoms with Crippen LogP contribution in [0, 0.1) is 0 Å². The van der Waals surface area contributed by atoms with E-state index in [1.165, 1.54) is 12.3 Å². The van der Waals surface area contributed by atoms with Gasteiger partial charge in [-0.3, -0.25) is 9.59 Å². The van der Waals surface area contributed by atoms with Crippen LogP contribution in [-0.4, -0.2) is 11.5 Å². The molecule has 1 aromatic rings. The Morgan fingerprint density at radius 1 is 1.64 bits per heavy atom. The smallest absolute Gasteiger partial charge is 0.298 e. The first-order valence-electron chi connectivity index (χ1n) is 2.72. The minimum absolute atomic E-state index is 0.104. The van der Waals surface area contributed by atoms with Crippen molar-refractivity contribution in [3.8, 4) is 5.75 Å². The van der Waals surface area contributed by atoms with Gasteiger partial charge in [-0.15, -0.1) is 0 Å². The fraction of sp³-hybridized carbons (Fsp3) is 0. The molecule has 0 aromatic carbocycles. The highest BCUT2D eigenvalue weighted by molar-refractivity contribution is 6.30. The molecule has 0 aliphatic rings. The van der Waals surface area contributed by atoms with Gasteiger partial charge in [0.2, 0.25) is 0 Å². The molecule has 0 bridgehead atoms. The van der Waals surface area contributed by atoms with Crippen molar-refractivity contribution in [1.82, 2.24) is 4.98 Å². The van der Waals surface area contributed by atoms with Crippen LogP contribution >= 0.6 is 11.6 Å². The molecule has 58 valence electrons. The number of ether oxygens (including phenoxy) is 1. The molecule has 0 amide bonds. The molecule has 0 radical (unpaired) electrons. The van der Waals surface area contributed by atoms with E-state index in [2.05, 4.69) is 9.72 Å². The third-order valence-corrected chi connectivity index (χ3v) is 1.23. The molecular weight excluding hydrogens is 170 g/mol. The van der Waals surface area contributed by atoms with E-state index in [9.17, 15) is 9.59 Å². The highest BCUT2D eigenvalue weighted by Crippen LogP contribution is 2.09. The van der Waals surface area contributed by atoms with Gasteiger partial charge in [0.25, 0.3) is 12.0 Å². The minimum Gasteiger partial charge on any atom is -0.423 e. The predicted molar refractivity (Wildman–Crippen MR) is 38.8 cm³/mol. The summed E-state index contributed by atoms with van der Waals surface area (Å²) in [5.74, 6) is -0.104. The van der Waals surface area contributed by atoms with Crippen molar-refractivity contribution < 1.29 is 9.53 Å². The van der Waals surface area contributed by atoms with Gasteiger partial charge in [0.15, 0.2) is 5.75 Å². The number of hydrogen-bond acceptors (Lipinski definition) is 3. The Morgan fingerprint density at radius 2 is 2.36 bits per heavy atom. The standard InChI is InChI=1S/C6H4ClNO3/c7-4-1-5(11-3-9)6(10)8-2-4/h1-3H,(H,8,10). The van der Waals surface area contributed by atoms with E-state index in [4.69, 9.17) is 11.6 Å². The molecule has 1 rings (SSSR count). The zero-order valence-corrected chi connectivity index (χ0v) is 6.09. The van der Waals surface area contributed by atoms with Crippen LogP contribution < -0.4 is 10.3 Å². The van der Waals surface area contributed by atoms with Crippen molar-refractivity contribution in [2.24, 2.45) is 0 Å². The van der Waals surface area contributed by atoms with Gasteiger partial charge in [-0.25, -0.2) is 0 Å². The van der Waals surface area contributed by atoms with Gasteiger partial charge in [0.1, 0.15) is 0 Å². The summed E-state index contributed by atoms with van der Waals surface area (Å²) in [7, 11) is 0. The molecule has 4 nitrogen and oxygen atoms in total. The summed E-state index contributed by atoms with van der Waals surface area (Å²) in [5, 5.41) is 0.307. The predicted octanol–water partition coefficient (Wildman–Crippen LogP) is 0.563. The van der Waals surface area contributed by atoms with Gasteiger partial charge in [0, 0.05) is 12.3 Å². The van der Waals surface area contributed by atoms with Crippen molar-refractivity contribution in [2.45, 2.75) is 0 Å². The molecule has 0 aliphatic heterocycles. The second kappa shape index (κ2) is 3.21. The SMILES string of the molecule is O=COc1cc(Cl)c[nH]c1=O.